The number of methoxy groups -OCH3 is 4. The lowest BCUT2D eigenvalue weighted by atomic mass is 9.78. The zero-order valence-electron chi connectivity index (χ0n) is 21.8. The number of carbonyl (C=O) groups excluding carboxylic acids is 2. The Balaban J connectivity index is 1.57. The van der Waals surface area contributed by atoms with Gasteiger partial charge in [-0.2, -0.15) is 0 Å². The molecule has 2 atom stereocenters. The van der Waals surface area contributed by atoms with Gasteiger partial charge in [-0.15, -0.1) is 0 Å². The number of allylic oxidation sites excluding steroid dienone is 1. The fourth-order valence-electron chi connectivity index (χ4n) is 5.24. The molecule has 196 valence electrons. The third-order valence-corrected chi connectivity index (χ3v) is 7.13. The first-order chi connectivity index (χ1) is 18.5. The number of para-hydroxylation sites is 2. The third kappa shape index (κ3) is 4.53. The maximum atomic E-state index is 13.9. The highest BCUT2D eigenvalue weighted by molar-refractivity contribution is 6.01. The minimum absolute atomic E-state index is 0.0415. The Morgan fingerprint density at radius 3 is 2.08 bits per heavy atom. The van der Waals surface area contributed by atoms with Crippen LogP contribution in [0.5, 0.6) is 17.2 Å². The SMILES string of the molecule is COC(=O)c1ccc([C@@H]2Nc3ccccc3NC3=C2C(=O)C[C@@H](c2cc(OC)c(OC)c(OC)c2)C3)cc1. The first-order valence-corrected chi connectivity index (χ1v) is 12.3. The predicted octanol–water partition coefficient (Wildman–Crippen LogP) is 5.48. The molecule has 38 heavy (non-hydrogen) atoms. The van der Waals surface area contributed by atoms with E-state index in [4.69, 9.17) is 18.9 Å². The smallest absolute Gasteiger partial charge is 0.337 e. The van der Waals surface area contributed by atoms with Gasteiger partial charge in [-0.25, -0.2) is 4.79 Å². The first-order valence-electron chi connectivity index (χ1n) is 12.3. The van der Waals surface area contributed by atoms with Crippen molar-refractivity contribution in [2.75, 3.05) is 39.1 Å². The molecule has 8 nitrogen and oxygen atoms in total. The molecular formula is C30H30N2O6. The molecule has 2 aliphatic rings. The van der Waals surface area contributed by atoms with Crippen LogP contribution in [0.15, 0.2) is 71.9 Å². The molecule has 1 aliphatic carbocycles. The van der Waals surface area contributed by atoms with Crippen LogP contribution < -0.4 is 24.8 Å². The molecule has 0 spiro atoms. The van der Waals surface area contributed by atoms with Crippen molar-refractivity contribution in [3.8, 4) is 17.2 Å². The van der Waals surface area contributed by atoms with Crippen molar-refractivity contribution in [3.05, 3.63) is 88.6 Å². The standard InChI is InChI=1S/C30H30N2O6/c1-35-25-15-20(16-26(36-2)29(25)37-3)19-13-23-27(24(33)14-19)28(32-22-8-6-5-7-21(22)31-23)17-9-11-18(12-10-17)30(34)38-4/h5-12,15-16,19,28,31-32H,13-14H2,1-4H3/t19-,28-/m0/s1. The summed E-state index contributed by atoms with van der Waals surface area (Å²) in [7, 11) is 6.09. The number of Topliss-reactive ketones (excluding diaryl/α,β-unsaturated/α-hetero) is 1. The number of esters is 1. The molecule has 2 N–H and O–H groups in total. The maximum absolute atomic E-state index is 13.9. The second-order valence-corrected chi connectivity index (χ2v) is 9.24. The number of rotatable bonds is 6. The molecular weight excluding hydrogens is 484 g/mol. The fraction of sp³-hybridized carbons (Fsp3) is 0.267. The molecule has 3 aromatic rings. The topological polar surface area (TPSA) is 95.1 Å². The largest absolute Gasteiger partial charge is 0.493 e. The number of nitrogens with one attached hydrogen (secondary N) is 2. The Morgan fingerprint density at radius 1 is 0.816 bits per heavy atom. The van der Waals surface area contributed by atoms with Gasteiger partial charge < -0.3 is 29.6 Å². The zero-order chi connectivity index (χ0) is 26.8. The van der Waals surface area contributed by atoms with Crippen LogP contribution in [0.2, 0.25) is 0 Å². The maximum Gasteiger partial charge on any atom is 0.337 e. The van der Waals surface area contributed by atoms with Gasteiger partial charge in [0.15, 0.2) is 17.3 Å². The lowest BCUT2D eigenvalue weighted by Crippen LogP contribution is -2.27. The molecule has 5 rings (SSSR count). The van der Waals surface area contributed by atoms with Crippen LogP contribution >= 0.6 is 0 Å². The third-order valence-electron chi connectivity index (χ3n) is 7.13. The molecule has 3 aromatic carbocycles. The van der Waals surface area contributed by atoms with E-state index in [1.54, 1.807) is 33.5 Å². The summed E-state index contributed by atoms with van der Waals surface area (Å²) in [5.41, 5.74) is 5.60. The minimum Gasteiger partial charge on any atom is -0.493 e. The van der Waals surface area contributed by atoms with E-state index in [0.29, 0.717) is 41.2 Å². The number of carbonyl (C=O) groups is 2. The molecule has 0 radical (unpaired) electrons. The van der Waals surface area contributed by atoms with Crippen molar-refractivity contribution in [1.29, 1.82) is 0 Å². The van der Waals surface area contributed by atoms with E-state index >= 15 is 0 Å². The fourth-order valence-corrected chi connectivity index (χ4v) is 5.24. The van der Waals surface area contributed by atoms with Crippen molar-refractivity contribution in [2.45, 2.75) is 24.8 Å². The zero-order valence-corrected chi connectivity index (χ0v) is 21.8. The number of ether oxygens (including phenoxy) is 4. The van der Waals surface area contributed by atoms with E-state index < -0.39 is 5.97 Å². The summed E-state index contributed by atoms with van der Waals surface area (Å²) in [4.78, 5) is 25.8. The highest BCUT2D eigenvalue weighted by atomic mass is 16.5. The van der Waals surface area contributed by atoms with Gasteiger partial charge in [0.1, 0.15) is 0 Å². The Kier molecular flexibility index (Phi) is 6.96. The van der Waals surface area contributed by atoms with Crippen LogP contribution in [0, 0.1) is 0 Å². The van der Waals surface area contributed by atoms with E-state index in [1.165, 1.54) is 7.11 Å². The average molecular weight is 515 g/mol. The van der Waals surface area contributed by atoms with Crippen LogP contribution in [-0.4, -0.2) is 40.2 Å². The minimum atomic E-state index is -0.403. The molecule has 0 bridgehead atoms. The van der Waals surface area contributed by atoms with Crippen LogP contribution in [0.3, 0.4) is 0 Å². The average Bonchev–Trinajstić information content (AvgIpc) is 3.13. The summed E-state index contributed by atoms with van der Waals surface area (Å²) in [6, 6.07) is 18.5. The van der Waals surface area contributed by atoms with Gasteiger partial charge >= 0.3 is 5.97 Å². The molecule has 0 unspecified atom stereocenters. The van der Waals surface area contributed by atoms with E-state index in [9.17, 15) is 9.59 Å². The number of fused-ring (bicyclic) bond motifs is 1. The lowest BCUT2D eigenvalue weighted by Gasteiger charge is -2.30. The Bertz CT molecular complexity index is 1390. The summed E-state index contributed by atoms with van der Waals surface area (Å²) in [6.45, 7) is 0. The van der Waals surface area contributed by atoms with E-state index in [0.717, 1.165) is 28.2 Å². The summed E-state index contributed by atoms with van der Waals surface area (Å²) in [5, 5.41) is 7.11. The van der Waals surface area contributed by atoms with Crippen molar-refractivity contribution < 1.29 is 28.5 Å². The van der Waals surface area contributed by atoms with Crippen LogP contribution in [0.4, 0.5) is 11.4 Å². The van der Waals surface area contributed by atoms with Gasteiger partial charge in [-0.3, -0.25) is 4.79 Å². The van der Waals surface area contributed by atoms with E-state index in [1.807, 2.05) is 48.5 Å². The Morgan fingerprint density at radius 2 is 1.47 bits per heavy atom. The van der Waals surface area contributed by atoms with Gasteiger partial charge in [0.25, 0.3) is 0 Å². The number of hydrogen-bond acceptors (Lipinski definition) is 8. The Labute approximate surface area is 221 Å². The highest BCUT2D eigenvalue weighted by Crippen LogP contribution is 2.47. The summed E-state index contributed by atoms with van der Waals surface area (Å²) in [5.74, 6) is 1.17. The van der Waals surface area contributed by atoms with E-state index in [2.05, 4.69) is 10.6 Å². The summed E-state index contributed by atoms with van der Waals surface area (Å²) >= 11 is 0. The molecule has 1 aliphatic heterocycles. The van der Waals surface area contributed by atoms with Gasteiger partial charge in [0.2, 0.25) is 5.75 Å². The highest BCUT2D eigenvalue weighted by Gasteiger charge is 2.36. The molecule has 0 saturated carbocycles. The van der Waals surface area contributed by atoms with Crippen molar-refractivity contribution in [3.63, 3.8) is 0 Å². The monoisotopic (exact) mass is 514 g/mol. The van der Waals surface area contributed by atoms with Gasteiger partial charge in [0, 0.05) is 17.7 Å². The normalized spacial score (nSPS) is 18.3. The summed E-state index contributed by atoms with van der Waals surface area (Å²) < 4.78 is 21.4. The molecule has 1 heterocycles. The number of anilines is 2. The second kappa shape index (κ2) is 10.5. The van der Waals surface area contributed by atoms with Gasteiger partial charge in [-0.1, -0.05) is 24.3 Å². The predicted molar refractivity (Wildman–Crippen MR) is 144 cm³/mol. The van der Waals surface area contributed by atoms with Crippen molar-refractivity contribution in [1.82, 2.24) is 0 Å². The summed E-state index contributed by atoms with van der Waals surface area (Å²) in [6.07, 6.45) is 0.945. The Hall–Kier alpha value is -4.46. The van der Waals surface area contributed by atoms with Gasteiger partial charge in [0.05, 0.1) is 51.4 Å². The molecule has 0 fully saturated rings. The number of ketones is 1. The number of benzene rings is 3. The molecule has 8 heteroatoms. The van der Waals surface area contributed by atoms with Crippen molar-refractivity contribution >= 4 is 23.1 Å². The quantitative estimate of drug-likeness (QED) is 0.418. The van der Waals surface area contributed by atoms with Crippen molar-refractivity contribution in [2.24, 2.45) is 0 Å². The van der Waals surface area contributed by atoms with Crippen LogP contribution in [-0.2, 0) is 9.53 Å². The lowest BCUT2D eigenvalue weighted by molar-refractivity contribution is -0.116. The van der Waals surface area contributed by atoms with Gasteiger partial charge in [-0.05, 0) is 59.9 Å². The second-order valence-electron chi connectivity index (χ2n) is 9.24. The molecule has 0 aromatic heterocycles. The first kappa shape index (κ1) is 25.2. The molecule has 0 saturated heterocycles. The number of hydrogen-bond donors (Lipinski definition) is 2. The van der Waals surface area contributed by atoms with E-state index in [-0.39, 0.29) is 17.7 Å². The van der Waals surface area contributed by atoms with Crippen LogP contribution in [0.1, 0.15) is 46.3 Å². The van der Waals surface area contributed by atoms with Crippen LogP contribution in [0.25, 0.3) is 0 Å². The molecule has 0 amide bonds.